The van der Waals surface area contributed by atoms with E-state index in [0.717, 1.165) is 31.0 Å². The number of rotatable bonds is 5. The Balaban J connectivity index is 1.72. The van der Waals surface area contributed by atoms with Crippen molar-refractivity contribution in [2.75, 3.05) is 6.54 Å². The quantitative estimate of drug-likeness (QED) is 0.909. The number of aliphatic hydroxyl groups is 1. The molecular formula is C18H26N2O3. The lowest BCUT2D eigenvalue weighted by atomic mass is 10.0. The van der Waals surface area contributed by atoms with Crippen molar-refractivity contribution < 1.29 is 14.0 Å². The zero-order chi connectivity index (χ0) is 16.2. The number of furan rings is 1. The maximum absolute atomic E-state index is 10.5. The molecule has 0 radical (unpaired) electrons. The number of aryl methyl sites for hydroxylation is 2. The van der Waals surface area contributed by atoms with Gasteiger partial charge in [0.1, 0.15) is 17.6 Å². The van der Waals surface area contributed by atoms with Crippen LogP contribution in [0.4, 0.5) is 0 Å². The summed E-state index contributed by atoms with van der Waals surface area (Å²) in [6.45, 7) is 5.87. The van der Waals surface area contributed by atoms with Gasteiger partial charge in [0.25, 0.3) is 0 Å². The first kappa shape index (κ1) is 16.3. The lowest BCUT2D eigenvalue weighted by Gasteiger charge is -2.31. The first-order valence-corrected chi connectivity index (χ1v) is 8.52. The van der Waals surface area contributed by atoms with Crippen LogP contribution in [0.15, 0.2) is 27.3 Å². The molecule has 2 atom stereocenters. The molecule has 1 N–H and O–H groups in total. The average molecular weight is 318 g/mol. The molecule has 0 aromatic carbocycles. The van der Waals surface area contributed by atoms with Gasteiger partial charge in [0.05, 0.1) is 12.0 Å². The maximum Gasteiger partial charge on any atom is 0.138 e. The predicted molar refractivity (Wildman–Crippen MR) is 86.9 cm³/mol. The molecule has 0 spiro atoms. The monoisotopic (exact) mass is 318 g/mol. The second-order valence-electron chi connectivity index (χ2n) is 6.54. The van der Waals surface area contributed by atoms with Gasteiger partial charge in [-0.2, -0.15) is 0 Å². The van der Waals surface area contributed by atoms with E-state index >= 15 is 0 Å². The van der Waals surface area contributed by atoms with Crippen molar-refractivity contribution in [3.8, 4) is 0 Å². The topological polar surface area (TPSA) is 62.6 Å². The van der Waals surface area contributed by atoms with Gasteiger partial charge in [-0.1, -0.05) is 18.0 Å². The Hall–Kier alpha value is -1.59. The van der Waals surface area contributed by atoms with Gasteiger partial charge in [-0.25, -0.2) is 0 Å². The van der Waals surface area contributed by atoms with Crippen molar-refractivity contribution in [3.05, 3.63) is 41.2 Å². The van der Waals surface area contributed by atoms with Gasteiger partial charge in [0.2, 0.25) is 0 Å². The first-order valence-electron chi connectivity index (χ1n) is 8.52. The van der Waals surface area contributed by atoms with Crippen LogP contribution in [0.5, 0.6) is 0 Å². The molecular weight excluding hydrogens is 292 g/mol. The molecule has 126 valence electrons. The van der Waals surface area contributed by atoms with E-state index in [1.165, 1.54) is 24.8 Å². The molecule has 3 rings (SSSR count). The summed E-state index contributed by atoms with van der Waals surface area (Å²) >= 11 is 0. The highest BCUT2D eigenvalue weighted by Gasteiger charge is 2.26. The summed E-state index contributed by atoms with van der Waals surface area (Å²) in [6, 6.07) is 4.03. The minimum Gasteiger partial charge on any atom is -0.467 e. The highest BCUT2D eigenvalue weighted by Crippen LogP contribution is 2.28. The van der Waals surface area contributed by atoms with Crippen LogP contribution < -0.4 is 0 Å². The average Bonchev–Trinajstić information content (AvgIpc) is 3.11. The predicted octanol–water partition coefficient (Wildman–Crippen LogP) is 3.75. The highest BCUT2D eigenvalue weighted by molar-refractivity contribution is 5.20. The maximum atomic E-state index is 10.5. The Morgan fingerprint density at radius 2 is 2.22 bits per heavy atom. The van der Waals surface area contributed by atoms with E-state index in [-0.39, 0.29) is 0 Å². The molecule has 1 fully saturated rings. The van der Waals surface area contributed by atoms with Crippen molar-refractivity contribution >= 4 is 0 Å². The fraction of sp³-hybridized carbons (Fsp3) is 0.611. The third-order valence-electron chi connectivity index (χ3n) is 4.91. The number of likely N-dealkylation sites (tertiary alicyclic amines) is 1. The Kier molecular flexibility index (Phi) is 5.18. The molecule has 5 nitrogen and oxygen atoms in total. The van der Waals surface area contributed by atoms with Crippen LogP contribution >= 0.6 is 0 Å². The summed E-state index contributed by atoms with van der Waals surface area (Å²) in [5.41, 5.74) is 2.15. The fourth-order valence-corrected chi connectivity index (χ4v) is 3.50. The van der Waals surface area contributed by atoms with Crippen LogP contribution in [0.1, 0.15) is 61.0 Å². The second kappa shape index (κ2) is 7.32. The summed E-state index contributed by atoms with van der Waals surface area (Å²) in [5, 5.41) is 14.5. The summed E-state index contributed by atoms with van der Waals surface area (Å²) < 4.78 is 10.7. The van der Waals surface area contributed by atoms with E-state index in [9.17, 15) is 5.11 Å². The Morgan fingerprint density at radius 3 is 2.91 bits per heavy atom. The molecule has 1 aliphatic heterocycles. The Labute approximate surface area is 137 Å². The van der Waals surface area contributed by atoms with E-state index < -0.39 is 6.10 Å². The highest BCUT2D eigenvalue weighted by atomic mass is 16.5. The van der Waals surface area contributed by atoms with Crippen molar-refractivity contribution in [2.24, 2.45) is 0 Å². The molecule has 2 aromatic rings. The minimum atomic E-state index is -0.541. The third kappa shape index (κ3) is 3.85. The van der Waals surface area contributed by atoms with Gasteiger partial charge >= 0.3 is 0 Å². The normalized spacial score (nSPS) is 21.3. The van der Waals surface area contributed by atoms with E-state index in [1.807, 2.05) is 26.0 Å². The summed E-state index contributed by atoms with van der Waals surface area (Å²) in [4.78, 5) is 2.48. The van der Waals surface area contributed by atoms with Crippen molar-refractivity contribution in [1.29, 1.82) is 0 Å². The molecule has 0 aliphatic carbocycles. The number of aliphatic hydroxyl groups excluding tert-OH is 1. The largest absolute Gasteiger partial charge is 0.467 e. The van der Waals surface area contributed by atoms with Gasteiger partial charge in [0.15, 0.2) is 0 Å². The molecule has 5 heteroatoms. The SMILES string of the molecule is Cc1noc(C)c1CN1CCCCC[C@H]1C[C@H](O)c1ccco1. The van der Waals surface area contributed by atoms with Crippen LogP contribution in [0, 0.1) is 13.8 Å². The van der Waals surface area contributed by atoms with Gasteiger partial charge in [-0.3, -0.25) is 4.90 Å². The molecule has 3 heterocycles. The molecule has 0 unspecified atom stereocenters. The number of hydrogen-bond donors (Lipinski definition) is 1. The van der Waals surface area contributed by atoms with E-state index in [1.54, 1.807) is 6.26 Å². The molecule has 0 bridgehead atoms. The van der Waals surface area contributed by atoms with Crippen LogP contribution in [-0.2, 0) is 6.54 Å². The standard InChI is InChI=1S/C18H26N2O3/c1-13-16(14(2)23-19-13)12-20-9-5-3-4-7-15(20)11-17(21)18-8-6-10-22-18/h6,8,10,15,17,21H,3-5,7,9,11-12H2,1-2H3/t15-,17-/m0/s1. The van der Waals surface area contributed by atoms with E-state index in [0.29, 0.717) is 18.2 Å². The van der Waals surface area contributed by atoms with Gasteiger partial charge in [-0.05, 0) is 51.8 Å². The number of hydrogen-bond acceptors (Lipinski definition) is 5. The second-order valence-corrected chi connectivity index (χ2v) is 6.54. The molecule has 0 saturated carbocycles. The molecule has 0 amide bonds. The Bertz CT molecular complexity index is 586. The summed E-state index contributed by atoms with van der Waals surface area (Å²) in [6.07, 6.45) is 6.57. The minimum absolute atomic E-state index is 0.353. The fourth-order valence-electron chi connectivity index (χ4n) is 3.50. The van der Waals surface area contributed by atoms with Gasteiger partial charge in [-0.15, -0.1) is 0 Å². The first-order chi connectivity index (χ1) is 11.1. The Morgan fingerprint density at radius 1 is 1.35 bits per heavy atom. The van der Waals surface area contributed by atoms with Gasteiger partial charge in [0, 0.05) is 18.2 Å². The number of nitrogens with zero attached hydrogens (tertiary/aromatic N) is 2. The van der Waals surface area contributed by atoms with Crippen LogP contribution in [-0.4, -0.2) is 27.7 Å². The van der Waals surface area contributed by atoms with Crippen molar-refractivity contribution in [3.63, 3.8) is 0 Å². The smallest absolute Gasteiger partial charge is 0.138 e. The van der Waals surface area contributed by atoms with E-state index in [4.69, 9.17) is 8.94 Å². The lowest BCUT2D eigenvalue weighted by Crippen LogP contribution is -2.35. The van der Waals surface area contributed by atoms with Crippen molar-refractivity contribution in [2.45, 2.75) is 64.6 Å². The van der Waals surface area contributed by atoms with Crippen LogP contribution in [0.25, 0.3) is 0 Å². The van der Waals surface area contributed by atoms with Crippen LogP contribution in [0.3, 0.4) is 0 Å². The number of aromatic nitrogens is 1. The lowest BCUT2D eigenvalue weighted by molar-refractivity contribution is 0.0828. The zero-order valence-electron chi connectivity index (χ0n) is 14.0. The molecule has 1 saturated heterocycles. The summed E-state index contributed by atoms with van der Waals surface area (Å²) in [5.74, 6) is 1.56. The molecule has 1 aliphatic rings. The molecule has 23 heavy (non-hydrogen) atoms. The van der Waals surface area contributed by atoms with Crippen LogP contribution in [0.2, 0.25) is 0 Å². The summed E-state index contributed by atoms with van der Waals surface area (Å²) in [7, 11) is 0. The van der Waals surface area contributed by atoms with Gasteiger partial charge < -0.3 is 14.0 Å². The van der Waals surface area contributed by atoms with E-state index in [2.05, 4.69) is 10.1 Å². The third-order valence-corrected chi connectivity index (χ3v) is 4.91. The molecule has 2 aromatic heterocycles. The zero-order valence-corrected chi connectivity index (χ0v) is 14.0. The van der Waals surface area contributed by atoms with Crippen molar-refractivity contribution in [1.82, 2.24) is 10.1 Å².